The van der Waals surface area contributed by atoms with Gasteiger partial charge >= 0.3 is 6.09 Å². The summed E-state index contributed by atoms with van der Waals surface area (Å²) < 4.78 is 0. The van der Waals surface area contributed by atoms with Crippen molar-refractivity contribution in [3.63, 3.8) is 0 Å². The van der Waals surface area contributed by atoms with E-state index in [1.807, 2.05) is 0 Å². The number of carbonyl (C=O) groups excluding carboxylic acids is 1. The molecule has 116 valence electrons. The highest BCUT2D eigenvalue weighted by atomic mass is 16.6. The molecule has 2 amide bonds. The van der Waals surface area contributed by atoms with Crippen LogP contribution in [0.15, 0.2) is 24.3 Å². The molecule has 1 aromatic carbocycles. The van der Waals surface area contributed by atoms with E-state index in [9.17, 15) is 19.7 Å². The van der Waals surface area contributed by atoms with Crippen molar-refractivity contribution in [2.45, 2.75) is 6.42 Å². The summed E-state index contributed by atoms with van der Waals surface area (Å²) in [6.07, 6.45) is -0.646. The Balaban J connectivity index is 1.96. The third-order valence-electron chi connectivity index (χ3n) is 2.98. The first-order chi connectivity index (χ1) is 10.5. The monoisotopic (exact) mass is 306 g/mol. The summed E-state index contributed by atoms with van der Waals surface area (Å²) in [6, 6.07) is 5.90. The van der Waals surface area contributed by atoms with Crippen molar-refractivity contribution in [3.05, 3.63) is 40.1 Å². The predicted octanol–water partition coefficient (Wildman–Crippen LogP) is 1.46. The van der Waals surface area contributed by atoms with E-state index in [1.165, 1.54) is 12.1 Å². The molecule has 2 aromatic rings. The predicted molar refractivity (Wildman–Crippen MR) is 77.9 cm³/mol. The maximum atomic E-state index is 11.9. The number of benzene rings is 1. The van der Waals surface area contributed by atoms with E-state index in [1.54, 1.807) is 12.1 Å². The van der Waals surface area contributed by atoms with E-state index in [0.717, 1.165) is 0 Å². The number of nitrogens with one attached hydrogen (secondary N) is 3. The number of carboxylic acid groups (broad SMARTS) is 1. The molecule has 0 bridgehead atoms. The van der Waals surface area contributed by atoms with Gasteiger partial charge in [-0.1, -0.05) is 0 Å². The first-order valence-electron chi connectivity index (χ1n) is 6.49. The number of carbonyl (C=O) groups is 2. The number of aromatic nitrogens is 1. The third-order valence-corrected chi connectivity index (χ3v) is 2.98. The van der Waals surface area contributed by atoms with Crippen LogP contribution in [-0.2, 0) is 0 Å². The first-order valence-corrected chi connectivity index (χ1v) is 6.49. The van der Waals surface area contributed by atoms with Crippen molar-refractivity contribution in [1.29, 1.82) is 0 Å². The molecule has 9 nitrogen and oxygen atoms in total. The lowest BCUT2D eigenvalue weighted by Gasteiger charge is -2.03. The lowest BCUT2D eigenvalue weighted by molar-refractivity contribution is -0.384. The lowest BCUT2D eigenvalue weighted by Crippen LogP contribution is -2.29. The van der Waals surface area contributed by atoms with Crippen LogP contribution in [-0.4, -0.2) is 40.1 Å². The Morgan fingerprint density at radius 1 is 1.23 bits per heavy atom. The van der Waals surface area contributed by atoms with Crippen molar-refractivity contribution in [2.75, 3.05) is 13.1 Å². The number of nitrogens with zero attached hydrogens (tertiary/aromatic N) is 1. The highest BCUT2D eigenvalue weighted by Crippen LogP contribution is 2.21. The van der Waals surface area contributed by atoms with Gasteiger partial charge in [0.05, 0.1) is 10.4 Å². The summed E-state index contributed by atoms with van der Waals surface area (Å²) in [5, 5.41) is 24.6. The number of amides is 2. The van der Waals surface area contributed by atoms with E-state index in [4.69, 9.17) is 5.11 Å². The zero-order chi connectivity index (χ0) is 16.1. The Labute approximate surface area is 124 Å². The van der Waals surface area contributed by atoms with Crippen LogP contribution in [0.2, 0.25) is 0 Å². The van der Waals surface area contributed by atoms with E-state index >= 15 is 0 Å². The molecule has 0 saturated carbocycles. The van der Waals surface area contributed by atoms with Gasteiger partial charge in [-0.2, -0.15) is 0 Å². The maximum Gasteiger partial charge on any atom is 0.404 e. The Bertz CT molecular complexity index is 724. The minimum absolute atomic E-state index is 0.0546. The van der Waals surface area contributed by atoms with E-state index in [-0.39, 0.29) is 18.1 Å². The molecule has 1 heterocycles. The van der Waals surface area contributed by atoms with Gasteiger partial charge in [-0.3, -0.25) is 14.9 Å². The van der Waals surface area contributed by atoms with Crippen LogP contribution in [0.4, 0.5) is 10.5 Å². The molecule has 0 radical (unpaired) electrons. The number of non-ortho nitro benzene ring substituents is 1. The van der Waals surface area contributed by atoms with Gasteiger partial charge < -0.3 is 20.7 Å². The summed E-state index contributed by atoms with van der Waals surface area (Å²) in [5.74, 6) is -0.353. The van der Waals surface area contributed by atoms with Crippen LogP contribution in [0.3, 0.4) is 0 Å². The SMILES string of the molecule is O=C(O)NCCCNC(=O)c1cc2ccc([N+](=O)[O-])cc2[nH]1. The fourth-order valence-corrected chi connectivity index (χ4v) is 1.93. The molecule has 0 spiro atoms. The minimum atomic E-state index is -1.11. The first kappa shape index (κ1) is 15.3. The number of nitro benzene ring substituents is 1. The third kappa shape index (κ3) is 3.72. The van der Waals surface area contributed by atoms with Gasteiger partial charge in [-0.15, -0.1) is 0 Å². The molecule has 0 unspecified atom stereocenters. The molecule has 0 atom stereocenters. The molecule has 0 aliphatic carbocycles. The second kappa shape index (κ2) is 6.57. The van der Waals surface area contributed by atoms with E-state index in [0.29, 0.717) is 29.6 Å². The van der Waals surface area contributed by atoms with Crippen molar-refractivity contribution >= 4 is 28.6 Å². The standard InChI is InChI=1S/C13H14N4O5/c18-12(14-4-1-5-15-13(19)20)11-6-8-2-3-9(17(21)22)7-10(8)16-11/h2-3,6-7,15-16H,1,4-5H2,(H,14,18)(H,19,20). The topological polar surface area (TPSA) is 137 Å². The van der Waals surface area contributed by atoms with Gasteiger partial charge in [-0.05, 0) is 18.6 Å². The normalized spacial score (nSPS) is 10.4. The van der Waals surface area contributed by atoms with Crippen molar-refractivity contribution in [3.8, 4) is 0 Å². The van der Waals surface area contributed by atoms with Gasteiger partial charge in [0.25, 0.3) is 11.6 Å². The summed E-state index contributed by atoms with van der Waals surface area (Å²) in [6.45, 7) is 0.559. The van der Waals surface area contributed by atoms with E-state index in [2.05, 4.69) is 15.6 Å². The zero-order valence-corrected chi connectivity index (χ0v) is 11.5. The number of rotatable bonds is 6. The molecular weight excluding hydrogens is 292 g/mol. The number of aromatic amines is 1. The summed E-state index contributed by atoms with van der Waals surface area (Å²) >= 11 is 0. The molecule has 0 saturated heterocycles. The van der Waals surface area contributed by atoms with Crippen molar-refractivity contribution < 1.29 is 19.6 Å². The second-order valence-corrected chi connectivity index (χ2v) is 4.55. The Morgan fingerprint density at radius 3 is 2.64 bits per heavy atom. The van der Waals surface area contributed by atoms with Crippen molar-refractivity contribution in [1.82, 2.24) is 15.6 Å². The highest BCUT2D eigenvalue weighted by Gasteiger charge is 2.12. The molecular formula is C13H14N4O5. The molecule has 4 N–H and O–H groups in total. The van der Waals surface area contributed by atoms with Crippen LogP contribution < -0.4 is 10.6 Å². The number of hydrogen-bond donors (Lipinski definition) is 4. The van der Waals surface area contributed by atoms with Crippen LogP contribution in [0.1, 0.15) is 16.9 Å². The Hall–Kier alpha value is -3.10. The molecule has 2 rings (SSSR count). The largest absolute Gasteiger partial charge is 0.465 e. The fraction of sp³-hybridized carbons (Fsp3) is 0.231. The van der Waals surface area contributed by atoms with Gasteiger partial charge in [0.1, 0.15) is 5.69 Å². The second-order valence-electron chi connectivity index (χ2n) is 4.55. The smallest absolute Gasteiger partial charge is 0.404 e. The zero-order valence-electron chi connectivity index (χ0n) is 11.5. The van der Waals surface area contributed by atoms with E-state index < -0.39 is 11.0 Å². The molecule has 0 aliphatic rings. The average Bonchev–Trinajstić information content (AvgIpc) is 2.89. The van der Waals surface area contributed by atoms with Crippen LogP contribution in [0, 0.1) is 10.1 Å². The molecule has 1 aromatic heterocycles. The Kier molecular flexibility index (Phi) is 4.57. The van der Waals surface area contributed by atoms with Crippen LogP contribution in [0.25, 0.3) is 10.9 Å². The Morgan fingerprint density at radius 2 is 1.95 bits per heavy atom. The van der Waals surface area contributed by atoms with Gasteiger partial charge in [0.15, 0.2) is 0 Å². The number of H-pyrrole nitrogens is 1. The lowest BCUT2D eigenvalue weighted by atomic mass is 10.2. The molecule has 0 aliphatic heterocycles. The quantitative estimate of drug-likeness (QED) is 0.364. The summed E-state index contributed by atoms with van der Waals surface area (Å²) in [7, 11) is 0. The molecule has 9 heteroatoms. The van der Waals surface area contributed by atoms with Gasteiger partial charge in [0, 0.05) is 30.6 Å². The highest BCUT2D eigenvalue weighted by molar-refractivity contribution is 5.98. The number of nitro groups is 1. The van der Waals surface area contributed by atoms with Gasteiger partial charge in [0.2, 0.25) is 0 Å². The molecule has 22 heavy (non-hydrogen) atoms. The summed E-state index contributed by atoms with van der Waals surface area (Å²) in [5.41, 5.74) is 0.745. The number of fused-ring (bicyclic) bond motifs is 1. The van der Waals surface area contributed by atoms with Crippen LogP contribution in [0.5, 0.6) is 0 Å². The summed E-state index contributed by atoms with van der Waals surface area (Å²) in [4.78, 5) is 35.2. The minimum Gasteiger partial charge on any atom is -0.465 e. The fourth-order valence-electron chi connectivity index (χ4n) is 1.93. The molecule has 0 fully saturated rings. The van der Waals surface area contributed by atoms with Crippen LogP contribution >= 0.6 is 0 Å². The van der Waals surface area contributed by atoms with Gasteiger partial charge in [-0.25, -0.2) is 4.79 Å². The number of hydrogen-bond acceptors (Lipinski definition) is 4. The maximum absolute atomic E-state index is 11.9. The van der Waals surface area contributed by atoms with Crippen molar-refractivity contribution in [2.24, 2.45) is 0 Å². The average molecular weight is 306 g/mol.